The molecule has 0 saturated heterocycles. The SMILES string of the molecule is CCn1ccc2c(c1=O)C(Nc1cc(Nc3ccc(F)cn3)ncc1C(=O)NC)=CC2C. The molecule has 0 saturated carbocycles. The van der Waals surface area contributed by atoms with Gasteiger partial charge in [-0.25, -0.2) is 14.4 Å². The maximum atomic E-state index is 13.1. The van der Waals surface area contributed by atoms with Crippen LogP contribution >= 0.6 is 0 Å². The van der Waals surface area contributed by atoms with Crippen LogP contribution < -0.4 is 21.5 Å². The third kappa shape index (κ3) is 3.96. The Labute approximate surface area is 184 Å². The molecule has 0 radical (unpaired) electrons. The molecule has 0 aliphatic heterocycles. The highest BCUT2D eigenvalue weighted by atomic mass is 19.1. The molecular formula is C23H23FN6O2. The zero-order chi connectivity index (χ0) is 22.8. The molecule has 0 fully saturated rings. The summed E-state index contributed by atoms with van der Waals surface area (Å²) in [5, 5.41) is 8.86. The fraction of sp³-hybridized carbons (Fsp3) is 0.217. The van der Waals surface area contributed by atoms with Crippen LogP contribution in [0.2, 0.25) is 0 Å². The molecule has 9 heteroatoms. The second-order valence-corrected chi connectivity index (χ2v) is 7.41. The Kier molecular flexibility index (Phi) is 5.72. The van der Waals surface area contributed by atoms with E-state index >= 15 is 0 Å². The van der Waals surface area contributed by atoms with E-state index in [4.69, 9.17) is 0 Å². The number of amides is 1. The molecular weight excluding hydrogens is 411 g/mol. The van der Waals surface area contributed by atoms with Crippen LogP contribution in [-0.4, -0.2) is 27.5 Å². The van der Waals surface area contributed by atoms with Gasteiger partial charge in [0.2, 0.25) is 0 Å². The number of halogens is 1. The Hall–Kier alpha value is -4.01. The van der Waals surface area contributed by atoms with Gasteiger partial charge in [-0.2, -0.15) is 0 Å². The van der Waals surface area contributed by atoms with Crippen LogP contribution in [0.15, 0.2) is 53.7 Å². The lowest BCUT2D eigenvalue weighted by atomic mass is 10.0. The second kappa shape index (κ2) is 8.62. The lowest BCUT2D eigenvalue weighted by molar-refractivity contribution is 0.0963. The van der Waals surface area contributed by atoms with Gasteiger partial charge in [0.25, 0.3) is 11.5 Å². The minimum atomic E-state index is -0.445. The molecule has 3 heterocycles. The van der Waals surface area contributed by atoms with Crippen molar-refractivity contribution in [2.24, 2.45) is 0 Å². The zero-order valence-electron chi connectivity index (χ0n) is 17.9. The fourth-order valence-electron chi connectivity index (χ4n) is 3.68. The van der Waals surface area contributed by atoms with Crippen molar-refractivity contribution in [3.63, 3.8) is 0 Å². The Balaban J connectivity index is 1.73. The maximum Gasteiger partial charge on any atom is 0.260 e. The quantitative estimate of drug-likeness (QED) is 0.549. The highest BCUT2D eigenvalue weighted by Gasteiger charge is 2.25. The van der Waals surface area contributed by atoms with E-state index in [-0.39, 0.29) is 17.4 Å². The van der Waals surface area contributed by atoms with Gasteiger partial charge in [0, 0.05) is 43.7 Å². The van der Waals surface area contributed by atoms with Crippen molar-refractivity contribution in [3.8, 4) is 0 Å². The first kappa shape index (κ1) is 21.2. The van der Waals surface area contributed by atoms with E-state index in [0.29, 0.717) is 40.7 Å². The maximum absolute atomic E-state index is 13.1. The molecule has 1 aliphatic rings. The van der Waals surface area contributed by atoms with Gasteiger partial charge in [0.05, 0.1) is 23.0 Å². The van der Waals surface area contributed by atoms with Gasteiger partial charge in [-0.3, -0.25) is 9.59 Å². The normalized spacial score (nSPS) is 14.5. The molecule has 8 nitrogen and oxygen atoms in total. The predicted molar refractivity (Wildman–Crippen MR) is 121 cm³/mol. The summed E-state index contributed by atoms with van der Waals surface area (Å²) in [6.45, 7) is 4.49. The number of fused-ring (bicyclic) bond motifs is 1. The van der Waals surface area contributed by atoms with Crippen LogP contribution in [0.5, 0.6) is 0 Å². The van der Waals surface area contributed by atoms with Crippen molar-refractivity contribution in [2.45, 2.75) is 26.3 Å². The first-order valence-electron chi connectivity index (χ1n) is 10.2. The fourth-order valence-corrected chi connectivity index (χ4v) is 3.68. The molecule has 1 aliphatic carbocycles. The van der Waals surface area contributed by atoms with Gasteiger partial charge in [-0.15, -0.1) is 0 Å². The van der Waals surface area contributed by atoms with Crippen LogP contribution in [0.3, 0.4) is 0 Å². The zero-order valence-corrected chi connectivity index (χ0v) is 17.9. The van der Waals surface area contributed by atoms with Crippen LogP contribution in [0.4, 0.5) is 21.7 Å². The average Bonchev–Trinajstić information content (AvgIpc) is 3.11. The minimum absolute atomic E-state index is 0.0537. The molecule has 1 unspecified atom stereocenters. The van der Waals surface area contributed by atoms with Crippen molar-refractivity contribution in [2.75, 3.05) is 17.7 Å². The molecule has 1 atom stereocenters. The summed E-state index contributed by atoms with van der Waals surface area (Å²) in [5.41, 5.74) is 2.88. The first-order chi connectivity index (χ1) is 15.4. The molecule has 0 aromatic carbocycles. The Morgan fingerprint density at radius 1 is 1.16 bits per heavy atom. The van der Waals surface area contributed by atoms with Crippen molar-refractivity contribution >= 4 is 28.9 Å². The molecule has 3 aromatic heterocycles. The summed E-state index contributed by atoms with van der Waals surface area (Å²) in [6.07, 6.45) is 6.30. The number of rotatable bonds is 6. The Morgan fingerprint density at radius 3 is 2.62 bits per heavy atom. The molecule has 3 N–H and O–H groups in total. The number of pyridine rings is 3. The van der Waals surface area contributed by atoms with Gasteiger partial charge in [0.1, 0.15) is 17.5 Å². The van der Waals surface area contributed by atoms with Crippen molar-refractivity contribution in [3.05, 3.63) is 81.8 Å². The first-order valence-corrected chi connectivity index (χ1v) is 10.2. The standard InChI is InChI=1S/C23H23FN6O2/c1-4-30-8-7-15-13(2)9-18(21(15)23(30)32)28-17-10-20(27-12-16(17)22(31)25-3)29-19-6-5-14(24)11-26-19/h5-13H,4H2,1-3H3,(H,25,31)(H2,26,27,28,29). The molecule has 1 amide bonds. The third-order valence-corrected chi connectivity index (χ3v) is 5.34. The number of nitrogens with one attached hydrogen (secondary N) is 3. The topological polar surface area (TPSA) is 101 Å². The third-order valence-electron chi connectivity index (χ3n) is 5.34. The number of carbonyl (C=O) groups excluding carboxylic acids is 1. The molecule has 0 bridgehead atoms. The number of hydrogen-bond donors (Lipinski definition) is 3. The molecule has 0 spiro atoms. The number of aromatic nitrogens is 3. The van der Waals surface area contributed by atoms with E-state index < -0.39 is 5.82 Å². The van der Waals surface area contributed by atoms with Crippen LogP contribution in [0.1, 0.15) is 41.3 Å². The molecule has 4 rings (SSSR count). The number of anilines is 3. The predicted octanol–water partition coefficient (Wildman–Crippen LogP) is 3.47. The number of allylic oxidation sites excluding steroid dienone is 1. The van der Waals surface area contributed by atoms with E-state index in [9.17, 15) is 14.0 Å². The van der Waals surface area contributed by atoms with Crippen LogP contribution in [0, 0.1) is 5.82 Å². The summed E-state index contributed by atoms with van der Waals surface area (Å²) < 4.78 is 14.8. The van der Waals surface area contributed by atoms with E-state index in [1.807, 2.05) is 26.0 Å². The van der Waals surface area contributed by atoms with Crippen molar-refractivity contribution < 1.29 is 9.18 Å². The van der Waals surface area contributed by atoms with E-state index in [1.165, 1.54) is 25.4 Å². The van der Waals surface area contributed by atoms with E-state index in [1.54, 1.807) is 16.8 Å². The van der Waals surface area contributed by atoms with Gasteiger partial charge in [-0.05, 0) is 30.7 Å². The Bertz CT molecular complexity index is 1270. The summed E-state index contributed by atoms with van der Waals surface area (Å²) in [7, 11) is 1.53. The van der Waals surface area contributed by atoms with Crippen molar-refractivity contribution in [1.29, 1.82) is 0 Å². The van der Waals surface area contributed by atoms with Gasteiger partial charge in [-0.1, -0.05) is 13.0 Å². The van der Waals surface area contributed by atoms with E-state index in [0.717, 1.165) is 11.8 Å². The molecule has 3 aromatic rings. The average molecular weight is 434 g/mol. The molecule has 32 heavy (non-hydrogen) atoms. The number of nitrogens with zero attached hydrogens (tertiary/aromatic N) is 3. The summed E-state index contributed by atoms with van der Waals surface area (Å²) >= 11 is 0. The minimum Gasteiger partial charge on any atom is -0.355 e. The summed E-state index contributed by atoms with van der Waals surface area (Å²) in [5.74, 6) is 0.0995. The van der Waals surface area contributed by atoms with Crippen LogP contribution in [-0.2, 0) is 6.54 Å². The summed E-state index contributed by atoms with van der Waals surface area (Å²) in [4.78, 5) is 33.7. The Morgan fingerprint density at radius 2 is 1.94 bits per heavy atom. The highest BCUT2D eigenvalue weighted by Crippen LogP contribution is 2.35. The van der Waals surface area contributed by atoms with E-state index in [2.05, 4.69) is 25.9 Å². The second-order valence-electron chi connectivity index (χ2n) is 7.41. The smallest absolute Gasteiger partial charge is 0.260 e. The highest BCUT2D eigenvalue weighted by molar-refractivity contribution is 6.01. The number of hydrogen-bond acceptors (Lipinski definition) is 6. The van der Waals surface area contributed by atoms with Gasteiger partial charge < -0.3 is 20.5 Å². The van der Waals surface area contributed by atoms with Crippen LogP contribution in [0.25, 0.3) is 5.70 Å². The summed E-state index contributed by atoms with van der Waals surface area (Å²) in [6, 6.07) is 6.38. The number of aryl methyl sites for hydroxylation is 1. The monoisotopic (exact) mass is 434 g/mol. The molecule has 164 valence electrons. The largest absolute Gasteiger partial charge is 0.355 e. The van der Waals surface area contributed by atoms with Gasteiger partial charge in [0.15, 0.2) is 0 Å². The lowest BCUT2D eigenvalue weighted by Gasteiger charge is -2.15. The number of carbonyl (C=O) groups is 1. The lowest BCUT2D eigenvalue weighted by Crippen LogP contribution is -2.24. The van der Waals surface area contributed by atoms with Crippen molar-refractivity contribution in [1.82, 2.24) is 19.9 Å². The van der Waals surface area contributed by atoms with Gasteiger partial charge >= 0.3 is 0 Å².